The SMILES string of the molecule is CCc1cc(Cl)c(C)c(Cl)[n+]1[O-]. The molecule has 0 saturated heterocycles. The first kappa shape index (κ1) is 9.62. The topological polar surface area (TPSA) is 26.9 Å². The molecule has 2 nitrogen and oxygen atoms in total. The van der Waals surface area contributed by atoms with Crippen molar-refractivity contribution in [3.8, 4) is 0 Å². The molecule has 0 aliphatic carbocycles. The van der Waals surface area contributed by atoms with Crippen molar-refractivity contribution < 1.29 is 4.73 Å². The molecule has 0 N–H and O–H groups in total. The van der Waals surface area contributed by atoms with Gasteiger partial charge in [-0.25, -0.2) is 0 Å². The van der Waals surface area contributed by atoms with Gasteiger partial charge in [0.2, 0.25) is 0 Å². The van der Waals surface area contributed by atoms with E-state index in [9.17, 15) is 5.21 Å². The molecule has 66 valence electrons. The quantitative estimate of drug-likeness (QED) is 0.394. The Kier molecular flexibility index (Phi) is 2.80. The highest BCUT2D eigenvalue weighted by atomic mass is 35.5. The predicted octanol–water partition coefficient (Wildman–Crippen LogP) is 2.50. The Balaban J connectivity index is 3.39. The van der Waals surface area contributed by atoms with Crippen LogP contribution in [0, 0.1) is 12.1 Å². The third-order valence-electron chi connectivity index (χ3n) is 1.76. The molecule has 0 saturated carbocycles. The molecule has 0 unspecified atom stereocenters. The molecule has 0 atom stereocenters. The lowest BCUT2D eigenvalue weighted by atomic mass is 10.2. The summed E-state index contributed by atoms with van der Waals surface area (Å²) in [6.07, 6.45) is 0.628. The first-order valence-electron chi connectivity index (χ1n) is 3.65. The van der Waals surface area contributed by atoms with Crippen LogP contribution in [-0.2, 0) is 6.42 Å². The molecule has 0 aliphatic heterocycles. The number of hydrogen-bond acceptors (Lipinski definition) is 1. The fraction of sp³-hybridized carbons (Fsp3) is 0.375. The molecular weight excluding hydrogens is 197 g/mol. The van der Waals surface area contributed by atoms with Crippen molar-refractivity contribution in [2.45, 2.75) is 20.3 Å². The molecule has 0 radical (unpaired) electrons. The maximum absolute atomic E-state index is 11.3. The van der Waals surface area contributed by atoms with Crippen molar-refractivity contribution in [2.24, 2.45) is 0 Å². The largest absolute Gasteiger partial charge is 0.617 e. The normalized spacial score (nSPS) is 10.3. The molecule has 0 fully saturated rings. The van der Waals surface area contributed by atoms with Gasteiger partial charge in [0, 0.05) is 12.5 Å². The summed E-state index contributed by atoms with van der Waals surface area (Å²) in [4.78, 5) is 0. The second-order valence-electron chi connectivity index (χ2n) is 2.55. The van der Waals surface area contributed by atoms with E-state index in [1.54, 1.807) is 13.0 Å². The highest BCUT2D eigenvalue weighted by molar-refractivity contribution is 6.34. The average molecular weight is 206 g/mol. The third-order valence-corrected chi connectivity index (χ3v) is 2.59. The Morgan fingerprint density at radius 2 is 2.08 bits per heavy atom. The first-order chi connectivity index (χ1) is 5.57. The van der Waals surface area contributed by atoms with Gasteiger partial charge < -0.3 is 5.21 Å². The molecule has 0 bridgehead atoms. The van der Waals surface area contributed by atoms with E-state index in [0.717, 1.165) is 0 Å². The minimum atomic E-state index is 0.166. The number of halogens is 2. The van der Waals surface area contributed by atoms with Crippen molar-refractivity contribution in [3.05, 3.63) is 32.7 Å². The lowest BCUT2D eigenvalue weighted by Crippen LogP contribution is -2.33. The Hall–Kier alpha value is -0.470. The summed E-state index contributed by atoms with van der Waals surface area (Å²) in [5.74, 6) is 0. The lowest BCUT2D eigenvalue weighted by Gasteiger charge is -2.07. The molecule has 1 heterocycles. The van der Waals surface area contributed by atoms with Crippen LogP contribution in [-0.4, -0.2) is 0 Å². The molecule has 0 aliphatic rings. The number of aryl methyl sites for hydroxylation is 1. The fourth-order valence-electron chi connectivity index (χ4n) is 0.936. The summed E-state index contributed by atoms with van der Waals surface area (Å²) >= 11 is 11.6. The molecule has 1 rings (SSSR count). The summed E-state index contributed by atoms with van der Waals surface area (Å²) in [5.41, 5.74) is 1.22. The Bertz CT molecular complexity index is 312. The van der Waals surface area contributed by atoms with E-state index in [-0.39, 0.29) is 5.15 Å². The zero-order valence-electron chi connectivity index (χ0n) is 6.90. The van der Waals surface area contributed by atoms with Crippen LogP contribution < -0.4 is 4.73 Å². The van der Waals surface area contributed by atoms with E-state index in [0.29, 0.717) is 27.4 Å². The molecule has 0 spiro atoms. The second kappa shape index (κ2) is 3.50. The Morgan fingerprint density at radius 3 is 2.58 bits per heavy atom. The summed E-state index contributed by atoms with van der Waals surface area (Å²) in [6, 6.07) is 1.65. The highest BCUT2D eigenvalue weighted by Gasteiger charge is 2.14. The summed E-state index contributed by atoms with van der Waals surface area (Å²) in [6.45, 7) is 3.60. The maximum atomic E-state index is 11.3. The molecule has 0 amide bonds. The van der Waals surface area contributed by atoms with Crippen LogP contribution in [0.5, 0.6) is 0 Å². The summed E-state index contributed by atoms with van der Waals surface area (Å²) < 4.78 is 0.711. The zero-order chi connectivity index (χ0) is 9.30. The van der Waals surface area contributed by atoms with Crippen LogP contribution in [0.3, 0.4) is 0 Å². The molecule has 12 heavy (non-hydrogen) atoms. The van der Waals surface area contributed by atoms with Gasteiger partial charge in [-0.3, -0.25) is 0 Å². The third kappa shape index (κ3) is 1.50. The van der Waals surface area contributed by atoms with Gasteiger partial charge in [0.05, 0.1) is 10.6 Å². The number of hydrogen-bond donors (Lipinski definition) is 0. The maximum Gasteiger partial charge on any atom is 0.290 e. The van der Waals surface area contributed by atoms with Crippen LogP contribution in [0.4, 0.5) is 0 Å². The molecule has 1 aromatic rings. The number of nitrogens with zero attached hydrogens (tertiary/aromatic N) is 1. The van der Waals surface area contributed by atoms with Crippen LogP contribution in [0.15, 0.2) is 6.07 Å². The highest BCUT2D eigenvalue weighted by Crippen LogP contribution is 2.21. The van der Waals surface area contributed by atoms with E-state index in [1.807, 2.05) is 6.92 Å². The van der Waals surface area contributed by atoms with E-state index < -0.39 is 0 Å². The second-order valence-corrected chi connectivity index (χ2v) is 3.31. The summed E-state index contributed by atoms with van der Waals surface area (Å²) in [5, 5.41) is 12.0. The minimum absolute atomic E-state index is 0.166. The van der Waals surface area contributed by atoms with E-state index >= 15 is 0 Å². The van der Waals surface area contributed by atoms with Crippen molar-refractivity contribution >= 4 is 23.2 Å². The number of pyridine rings is 1. The summed E-state index contributed by atoms with van der Waals surface area (Å²) in [7, 11) is 0. The molecule has 1 aromatic heterocycles. The monoisotopic (exact) mass is 205 g/mol. The van der Waals surface area contributed by atoms with Gasteiger partial charge in [0.15, 0.2) is 5.69 Å². The van der Waals surface area contributed by atoms with Crippen molar-refractivity contribution in [1.29, 1.82) is 0 Å². The molecule has 0 aromatic carbocycles. The smallest absolute Gasteiger partial charge is 0.290 e. The zero-order valence-corrected chi connectivity index (χ0v) is 8.41. The van der Waals surface area contributed by atoms with E-state index in [4.69, 9.17) is 23.2 Å². The van der Waals surface area contributed by atoms with Gasteiger partial charge in [-0.1, -0.05) is 18.5 Å². The number of aromatic nitrogens is 1. The first-order valence-corrected chi connectivity index (χ1v) is 4.40. The van der Waals surface area contributed by atoms with Crippen molar-refractivity contribution in [3.63, 3.8) is 0 Å². The van der Waals surface area contributed by atoms with Gasteiger partial charge in [-0.2, -0.15) is 4.73 Å². The van der Waals surface area contributed by atoms with Gasteiger partial charge in [0.1, 0.15) is 0 Å². The van der Waals surface area contributed by atoms with Gasteiger partial charge in [-0.15, -0.1) is 0 Å². The Labute approximate surface area is 81.3 Å². The molecular formula is C8H9Cl2NO. The predicted molar refractivity (Wildman–Crippen MR) is 49.5 cm³/mol. The van der Waals surface area contributed by atoms with Crippen LogP contribution in [0.25, 0.3) is 0 Å². The number of rotatable bonds is 1. The van der Waals surface area contributed by atoms with Crippen LogP contribution >= 0.6 is 23.2 Å². The average Bonchev–Trinajstić information content (AvgIpc) is 2.08. The van der Waals surface area contributed by atoms with Gasteiger partial charge >= 0.3 is 0 Å². The minimum Gasteiger partial charge on any atom is -0.617 e. The standard InChI is InChI=1S/C8H9Cl2NO/c1-3-6-4-7(9)5(2)8(10)11(6)12/h4H,3H2,1-2H3. The molecule has 4 heteroatoms. The van der Waals surface area contributed by atoms with Crippen LogP contribution in [0.1, 0.15) is 18.2 Å². The van der Waals surface area contributed by atoms with Gasteiger partial charge in [0.25, 0.3) is 5.15 Å². The van der Waals surface area contributed by atoms with E-state index in [1.165, 1.54) is 0 Å². The van der Waals surface area contributed by atoms with Crippen molar-refractivity contribution in [1.82, 2.24) is 0 Å². The lowest BCUT2D eigenvalue weighted by molar-refractivity contribution is -0.611. The van der Waals surface area contributed by atoms with Gasteiger partial charge in [-0.05, 0) is 18.5 Å². The van der Waals surface area contributed by atoms with E-state index in [2.05, 4.69) is 0 Å². The fourth-order valence-corrected chi connectivity index (χ4v) is 1.41. The Morgan fingerprint density at radius 1 is 1.50 bits per heavy atom. The van der Waals surface area contributed by atoms with Crippen LogP contribution in [0.2, 0.25) is 10.2 Å². The van der Waals surface area contributed by atoms with Crippen molar-refractivity contribution in [2.75, 3.05) is 0 Å².